The van der Waals surface area contributed by atoms with Gasteiger partial charge in [0.15, 0.2) is 11.5 Å². The number of aromatic hydroxyl groups is 3. The first kappa shape index (κ1) is 37.5. The molecule has 1 aromatic heterocycles. The van der Waals surface area contributed by atoms with E-state index in [0.717, 1.165) is 68.6 Å². The van der Waals surface area contributed by atoms with Gasteiger partial charge in [-0.3, -0.25) is 0 Å². The zero-order chi connectivity index (χ0) is 37.1. The van der Waals surface area contributed by atoms with E-state index in [0.29, 0.717) is 47.6 Å². The first-order valence-electron chi connectivity index (χ1n) is 19.4. The van der Waals surface area contributed by atoms with Gasteiger partial charge in [0.05, 0.1) is 32.0 Å². The van der Waals surface area contributed by atoms with Crippen molar-refractivity contribution in [3.05, 3.63) is 94.3 Å². The first-order chi connectivity index (χ1) is 25.8. The van der Waals surface area contributed by atoms with Crippen LogP contribution in [0.5, 0.6) is 23.0 Å². The molecule has 0 amide bonds. The second-order valence-electron chi connectivity index (χ2n) is 15.3. The highest BCUT2D eigenvalue weighted by Gasteiger charge is 2.44. The van der Waals surface area contributed by atoms with Gasteiger partial charge in [-0.15, -0.1) is 0 Å². The number of methoxy groups -OCH3 is 1. The number of ether oxygens (including phenoxy) is 3. The molecule has 0 unspecified atom stereocenters. The van der Waals surface area contributed by atoms with Crippen molar-refractivity contribution in [3.63, 3.8) is 0 Å². The highest BCUT2D eigenvalue weighted by atomic mass is 16.5. The molecule has 2 aromatic carbocycles. The summed E-state index contributed by atoms with van der Waals surface area (Å²) < 4.78 is 18.0. The number of hydrogen-bond donors (Lipinski definition) is 6. The van der Waals surface area contributed by atoms with Gasteiger partial charge in [0, 0.05) is 54.2 Å². The molecule has 1 saturated carbocycles. The van der Waals surface area contributed by atoms with Crippen molar-refractivity contribution in [3.8, 4) is 23.0 Å². The van der Waals surface area contributed by atoms with Crippen LogP contribution >= 0.6 is 0 Å². The summed E-state index contributed by atoms with van der Waals surface area (Å²) >= 11 is 0. The van der Waals surface area contributed by atoms with Crippen LogP contribution in [0.25, 0.3) is 0 Å². The number of aliphatic hydroxyl groups excluding tert-OH is 2. The van der Waals surface area contributed by atoms with Crippen LogP contribution in [0.3, 0.4) is 0 Å². The number of fused-ring (bicyclic) bond motifs is 2. The predicted molar refractivity (Wildman–Crippen MR) is 201 cm³/mol. The van der Waals surface area contributed by atoms with Gasteiger partial charge < -0.3 is 50.0 Å². The molecule has 53 heavy (non-hydrogen) atoms. The molecule has 0 radical (unpaired) electrons. The summed E-state index contributed by atoms with van der Waals surface area (Å²) in [5, 5.41) is 58.9. The van der Waals surface area contributed by atoms with Crippen molar-refractivity contribution in [2.75, 3.05) is 26.9 Å². The number of hydrogen-bond acceptors (Lipinski definition) is 9. The van der Waals surface area contributed by atoms with E-state index in [4.69, 9.17) is 14.2 Å². The molecule has 1 saturated heterocycles. The maximum absolute atomic E-state index is 11.6. The lowest BCUT2D eigenvalue weighted by molar-refractivity contribution is -0.154. The average Bonchev–Trinajstić information content (AvgIpc) is 3.69. The van der Waals surface area contributed by atoms with Gasteiger partial charge in [-0.1, -0.05) is 48.1 Å². The van der Waals surface area contributed by atoms with Crippen molar-refractivity contribution >= 4 is 0 Å². The van der Waals surface area contributed by atoms with Crippen molar-refractivity contribution < 1.29 is 39.7 Å². The number of aliphatic hydroxyl groups is 2. The van der Waals surface area contributed by atoms with E-state index in [2.05, 4.69) is 40.7 Å². The number of phenolic OH excluding ortho intramolecular Hbond substituents is 2. The molecule has 2 fully saturated rings. The molecule has 10 heteroatoms. The summed E-state index contributed by atoms with van der Waals surface area (Å²) in [5.41, 5.74) is 4.28. The maximum atomic E-state index is 11.6. The SMILES string of the molecule is CCOCCCN[C@H]1C=C[C@@H]2[C@H](CC=C[C@H]2c2cc([C@@H]3CC[C@H]4[C@H](C3)O[C@H](c3c(CO)c(O)c(O)c(OC)c3Cc3cc[n-]c3)C[C@@H]4O)ccc2O)C1. The lowest BCUT2D eigenvalue weighted by Gasteiger charge is -2.46. The number of phenols is 3. The Morgan fingerprint density at radius 3 is 2.64 bits per heavy atom. The van der Waals surface area contributed by atoms with E-state index in [1.165, 1.54) is 7.11 Å². The average molecular weight is 728 g/mol. The fourth-order valence-corrected chi connectivity index (χ4v) is 9.64. The van der Waals surface area contributed by atoms with Crippen molar-refractivity contribution in [1.82, 2.24) is 10.3 Å². The Morgan fingerprint density at radius 2 is 1.87 bits per heavy atom. The molecule has 0 spiro atoms. The van der Waals surface area contributed by atoms with Gasteiger partial charge in [0.2, 0.25) is 5.75 Å². The van der Waals surface area contributed by atoms with Crippen molar-refractivity contribution in [1.29, 1.82) is 0 Å². The highest BCUT2D eigenvalue weighted by Crippen LogP contribution is 2.53. The van der Waals surface area contributed by atoms with Gasteiger partial charge in [-0.25, -0.2) is 0 Å². The smallest absolute Gasteiger partial charge is 0.201 e. The number of allylic oxidation sites excluding steroid dienone is 3. The van der Waals surface area contributed by atoms with E-state index in [9.17, 15) is 25.5 Å². The van der Waals surface area contributed by atoms with Crippen LogP contribution in [0.2, 0.25) is 0 Å². The van der Waals surface area contributed by atoms with Gasteiger partial charge >= 0.3 is 0 Å². The molecule has 1 aliphatic heterocycles. The predicted octanol–water partition coefficient (Wildman–Crippen LogP) is 6.25. The second-order valence-corrected chi connectivity index (χ2v) is 15.3. The number of rotatable bonds is 13. The topological polar surface area (TPSA) is 155 Å². The van der Waals surface area contributed by atoms with Crippen LogP contribution in [0.4, 0.5) is 0 Å². The molecule has 0 bridgehead atoms. The number of aromatic nitrogens is 1. The molecule has 4 aliphatic rings. The molecule has 3 aromatic rings. The van der Waals surface area contributed by atoms with Gasteiger partial charge in [0.1, 0.15) is 5.75 Å². The molecule has 286 valence electrons. The van der Waals surface area contributed by atoms with E-state index in [1.807, 2.05) is 25.1 Å². The third-order valence-corrected chi connectivity index (χ3v) is 12.3. The standard InChI is InChI=1S/C43H55N2O8/c1-3-52-17-5-15-45-29-10-12-30-28(19-29)6-4-7-31(30)33-20-26(9-13-36(33)47)27-8-11-32-37(48)22-39(53-38(32)21-27)40-34(18-25-14-16-44-23-25)43(51-2)42(50)41(49)35(40)24-46/h4,7,9-10,12-14,16,20,23,27-32,37-39,45-50H,3,5-6,8,11,15,17-19,21-22,24H2,1-2H3/q-1/t27-,28-,29+,30-,31-,32-,37+,38+,39+/m1/s1. The zero-order valence-electron chi connectivity index (χ0n) is 30.9. The lowest BCUT2D eigenvalue weighted by Crippen LogP contribution is -2.44. The van der Waals surface area contributed by atoms with Crippen molar-refractivity contribution in [2.24, 2.45) is 17.8 Å². The second kappa shape index (κ2) is 16.7. The number of benzene rings is 2. The number of nitrogens with zero attached hydrogens (tertiary/aromatic N) is 1. The Morgan fingerprint density at radius 1 is 1.00 bits per heavy atom. The van der Waals surface area contributed by atoms with Crippen LogP contribution in [-0.4, -0.2) is 70.7 Å². The fraction of sp³-hybridized carbons (Fsp3) is 0.535. The number of nitrogens with one attached hydrogen (secondary N) is 1. The van der Waals surface area contributed by atoms with Crippen molar-refractivity contribution in [2.45, 2.75) is 101 Å². The van der Waals surface area contributed by atoms with Crippen LogP contribution in [-0.2, 0) is 22.5 Å². The molecule has 7 rings (SSSR count). The van der Waals surface area contributed by atoms with E-state index >= 15 is 0 Å². The summed E-state index contributed by atoms with van der Waals surface area (Å²) in [4.78, 5) is 4.18. The maximum Gasteiger partial charge on any atom is 0.201 e. The molecule has 10 nitrogen and oxygen atoms in total. The summed E-state index contributed by atoms with van der Waals surface area (Å²) in [6, 6.07) is 8.27. The normalized spacial score (nSPS) is 29.5. The Hall–Kier alpha value is -3.80. The largest absolute Gasteiger partial charge is 0.670 e. The highest BCUT2D eigenvalue weighted by molar-refractivity contribution is 5.64. The summed E-state index contributed by atoms with van der Waals surface area (Å²) in [5.74, 6) is 0.553. The Labute approximate surface area is 312 Å². The molecular formula is C43H55N2O8-. The first-order valence-corrected chi connectivity index (χ1v) is 19.4. The van der Waals surface area contributed by atoms with Gasteiger partial charge in [-0.2, -0.15) is 12.4 Å². The fourth-order valence-electron chi connectivity index (χ4n) is 9.64. The zero-order valence-corrected chi connectivity index (χ0v) is 30.9. The summed E-state index contributed by atoms with van der Waals surface area (Å²) in [6.07, 6.45) is 17.1. The summed E-state index contributed by atoms with van der Waals surface area (Å²) in [6.45, 7) is 3.96. The summed E-state index contributed by atoms with van der Waals surface area (Å²) in [7, 11) is 1.43. The van der Waals surface area contributed by atoms with Crippen LogP contribution in [0, 0.1) is 17.8 Å². The van der Waals surface area contributed by atoms with Crippen LogP contribution in [0.1, 0.15) is 103 Å². The third-order valence-electron chi connectivity index (χ3n) is 12.3. The minimum absolute atomic E-state index is 0.0536. The molecule has 2 heterocycles. The Balaban J connectivity index is 1.11. The van der Waals surface area contributed by atoms with Gasteiger partial charge in [0.25, 0.3) is 0 Å². The van der Waals surface area contributed by atoms with Crippen LogP contribution in [0.15, 0.2) is 61.0 Å². The lowest BCUT2D eigenvalue weighted by atomic mass is 9.67. The minimum Gasteiger partial charge on any atom is -0.670 e. The minimum atomic E-state index is -0.651. The van der Waals surface area contributed by atoms with E-state index in [1.54, 1.807) is 12.4 Å². The molecule has 6 N–H and O–H groups in total. The molecule has 9 atom stereocenters. The third kappa shape index (κ3) is 7.75. The molecule has 3 aliphatic carbocycles. The quantitative estimate of drug-likeness (QED) is 0.0677. The van der Waals surface area contributed by atoms with E-state index < -0.39 is 30.3 Å². The van der Waals surface area contributed by atoms with Gasteiger partial charge in [-0.05, 0) is 93.4 Å². The Kier molecular flexibility index (Phi) is 11.8. The monoisotopic (exact) mass is 727 g/mol. The molecular weight excluding hydrogens is 672 g/mol. The van der Waals surface area contributed by atoms with Crippen LogP contribution < -0.4 is 15.0 Å². The van der Waals surface area contributed by atoms with E-state index in [-0.39, 0.29) is 41.6 Å². The Bertz CT molecular complexity index is 1760.